The fourth-order valence-corrected chi connectivity index (χ4v) is 2.22. The van der Waals surface area contributed by atoms with Crippen molar-refractivity contribution in [2.24, 2.45) is 0 Å². The third-order valence-corrected chi connectivity index (χ3v) is 3.54. The van der Waals surface area contributed by atoms with Crippen molar-refractivity contribution >= 4 is 17.5 Å². The Labute approximate surface area is 145 Å². The van der Waals surface area contributed by atoms with Gasteiger partial charge >= 0.3 is 0 Å². The van der Waals surface area contributed by atoms with Gasteiger partial charge < -0.3 is 14.8 Å². The summed E-state index contributed by atoms with van der Waals surface area (Å²) in [6, 6.07) is 14.6. The molecule has 0 spiro atoms. The normalized spacial score (nSPS) is 9.88. The lowest BCUT2D eigenvalue weighted by molar-refractivity contribution is -0.120. The van der Waals surface area contributed by atoms with Gasteiger partial charge in [-0.05, 0) is 23.8 Å². The van der Waals surface area contributed by atoms with E-state index in [2.05, 4.69) is 5.32 Å². The lowest BCUT2D eigenvalue weighted by Gasteiger charge is -2.15. The predicted molar refractivity (Wildman–Crippen MR) is 90.9 cm³/mol. The first-order chi connectivity index (χ1) is 11.6. The van der Waals surface area contributed by atoms with Crippen LogP contribution in [0.15, 0.2) is 42.5 Å². The molecule has 0 atom stereocenters. The van der Waals surface area contributed by atoms with Crippen LogP contribution in [0.1, 0.15) is 17.5 Å². The minimum absolute atomic E-state index is 0.176. The minimum Gasteiger partial charge on any atom is -0.493 e. The van der Waals surface area contributed by atoms with Crippen molar-refractivity contribution in [1.29, 1.82) is 5.26 Å². The van der Waals surface area contributed by atoms with Crippen LogP contribution in [0.4, 0.5) is 0 Å². The molecule has 0 heterocycles. The number of nitrogens with one attached hydrogen (secondary N) is 1. The minimum atomic E-state index is -0.330. The summed E-state index contributed by atoms with van der Waals surface area (Å²) in [4.78, 5) is 11.5. The Balaban J connectivity index is 2.12. The van der Waals surface area contributed by atoms with E-state index in [4.69, 9.17) is 26.3 Å². The van der Waals surface area contributed by atoms with Gasteiger partial charge in [0.2, 0.25) is 5.91 Å². The molecule has 0 bridgehead atoms. The first kappa shape index (κ1) is 17.6. The summed E-state index contributed by atoms with van der Waals surface area (Å²) in [6.07, 6.45) is -0.176. The van der Waals surface area contributed by atoms with E-state index in [9.17, 15) is 4.79 Å². The van der Waals surface area contributed by atoms with Gasteiger partial charge in [-0.25, -0.2) is 0 Å². The van der Waals surface area contributed by atoms with Gasteiger partial charge in [-0.3, -0.25) is 4.79 Å². The quantitative estimate of drug-likeness (QED) is 0.835. The standard InChI is InChI=1S/C18H17ClN2O3/c1-23-16-4-2-3-14(11-21-17(22)9-10-20)18(16)24-12-13-5-7-15(19)8-6-13/h2-8H,9,11-12H2,1H3,(H,21,22). The van der Waals surface area contributed by atoms with Gasteiger partial charge in [0, 0.05) is 17.1 Å². The maximum Gasteiger partial charge on any atom is 0.234 e. The first-order valence-electron chi connectivity index (χ1n) is 7.31. The number of halogens is 1. The van der Waals surface area contributed by atoms with Crippen LogP contribution in [0.5, 0.6) is 11.5 Å². The summed E-state index contributed by atoms with van der Waals surface area (Å²) in [7, 11) is 1.56. The Morgan fingerprint density at radius 1 is 1.25 bits per heavy atom. The molecule has 1 N–H and O–H groups in total. The third kappa shape index (κ3) is 4.90. The lowest BCUT2D eigenvalue weighted by Crippen LogP contribution is -2.22. The molecule has 0 saturated heterocycles. The second kappa shape index (κ2) is 8.80. The Bertz CT molecular complexity index is 739. The van der Waals surface area contributed by atoms with E-state index in [1.165, 1.54) is 0 Å². The molecule has 0 aliphatic carbocycles. The Morgan fingerprint density at radius 2 is 2.00 bits per heavy atom. The number of ether oxygens (including phenoxy) is 2. The third-order valence-electron chi connectivity index (χ3n) is 3.29. The molecule has 124 valence electrons. The smallest absolute Gasteiger partial charge is 0.234 e. The molecule has 24 heavy (non-hydrogen) atoms. The molecule has 0 radical (unpaired) electrons. The number of amides is 1. The van der Waals surface area contributed by atoms with Crippen molar-refractivity contribution < 1.29 is 14.3 Å². The highest BCUT2D eigenvalue weighted by Gasteiger charge is 2.12. The molecule has 0 unspecified atom stereocenters. The number of nitriles is 1. The van der Waals surface area contributed by atoms with Crippen molar-refractivity contribution in [3.63, 3.8) is 0 Å². The molecule has 0 aromatic heterocycles. The van der Waals surface area contributed by atoms with Crippen molar-refractivity contribution in [2.75, 3.05) is 7.11 Å². The average molecular weight is 345 g/mol. The van der Waals surface area contributed by atoms with Gasteiger partial charge in [-0.2, -0.15) is 5.26 Å². The van der Waals surface area contributed by atoms with Crippen molar-refractivity contribution in [1.82, 2.24) is 5.32 Å². The zero-order chi connectivity index (χ0) is 17.4. The Kier molecular flexibility index (Phi) is 6.47. The second-order valence-electron chi connectivity index (χ2n) is 4.98. The number of carbonyl (C=O) groups excluding carboxylic acids is 1. The van der Waals surface area contributed by atoms with E-state index in [1.807, 2.05) is 30.3 Å². The van der Waals surface area contributed by atoms with E-state index in [-0.39, 0.29) is 18.9 Å². The van der Waals surface area contributed by atoms with Crippen molar-refractivity contribution in [3.05, 3.63) is 58.6 Å². The molecule has 0 aliphatic rings. The number of hydrogen-bond acceptors (Lipinski definition) is 4. The zero-order valence-electron chi connectivity index (χ0n) is 13.2. The van der Waals surface area contributed by atoms with E-state index in [0.29, 0.717) is 23.1 Å². The number of benzene rings is 2. The summed E-state index contributed by atoms with van der Waals surface area (Å²) in [5, 5.41) is 11.9. The van der Waals surface area contributed by atoms with Crippen LogP contribution >= 0.6 is 11.6 Å². The molecule has 2 aromatic carbocycles. The van der Waals surface area contributed by atoms with E-state index in [0.717, 1.165) is 11.1 Å². The Hall–Kier alpha value is -2.71. The van der Waals surface area contributed by atoms with Crippen molar-refractivity contribution in [2.45, 2.75) is 19.6 Å². The number of hydrogen-bond donors (Lipinski definition) is 1. The fraction of sp³-hybridized carbons (Fsp3) is 0.222. The molecule has 2 rings (SSSR count). The van der Waals surface area contributed by atoms with Crippen LogP contribution in [0.2, 0.25) is 5.02 Å². The van der Waals surface area contributed by atoms with Crippen LogP contribution in [0.25, 0.3) is 0 Å². The maximum atomic E-state index is 11.5. The number of rotatable bonds is 7. The molecule has 5 nitrogen and oxygen atoms in total. The van der Waals surface area contributed by atoms with Gasteiger partial charge in [0.05, 0.1) is 13.2 Å². The highest BCUT2D eigenvalue weighted by Crippen LogP contribution is 2.31. The summed E-state index contributed by atoms with van der Waals surface area (Å²) in [5.41, 5.74) is 1.74. The van der Waals surface area contributed by atoms with Gasteiger partial charge in [0.1, 0.15) is 13.0 Å². The van der Waals surface area contributed by atoms with Crippen LogP contribution in [0.3, 0.4) is 0 Å². The maximum absolute atomic E-state index is 11.5. The van der Waals surface area contributed by atoms with E-state index >= 15 is 0 Å². The lowest BCUT2D eigenvalue weighted by atomic mass is 10.1. The van der Waals surface area contributed by atoms with Crippen LogP contribution < -0.4 is 14.8 Å². The van der Waals surface area contributed by atoms with Gasteiger partial charge in [-0.15, -0.1) is 0 Å². The van der Waals surface area contributed by atoms with E-state index in [1.54, 1.807) is 25.3 Å². The highest BCUT2D eigenvalue weighted by molar-refractivity contribution is 6.30. The van der Waals surface area contributed by atoms with Crippen LogP contribution in [-0.4, -0.2) is 13.0 Å². The molecular weight excluding hydrogens is 328 g/mol. The largest absolute Gasteiger partial charge is 0.493 e. The number of methoxy groups -OCH3 is 1. The summed E-state index contributed by atoms with van der Waals surface area (Å²) < 4.78 is 11.2. The van der Waals surface area contributed by atoms with Crippen molar-refractivity contribution in [3.8, 4) is 17.6 Å². The number of carbonyl (C=O) groups is 1. The summed E-state index contributed by atoms with van der Waals surface area (Å²) in [5.74, 6) is 0.812. The molecule has 0 saturated carbocycles. The highest BCUT2D eigenvalue weighted by atomic mass is 35.5. The van der Waals surface area contributed by atoms with Crippen LogP contribution in [0, 0.1) is 11.3 Å². The molecular formula is C18H17ClN2O3. The Morgan fingerprint density at radius 3 is 2.67 bits per heavy atom. The predicted octanol–water partition coefficient (Wildman–Crippen LogP) is 3.46. The molecule has 6 heteroatoms. The van der Waals surface area contributed by atoms with Gasteiger partial charge in [-0.1, -0.05) is 35.9 Å². The molecule has 1 amide bonds. The summed E-state index contributed by atoms with van der Waals surface area (Å²) >= 11 is 5.87. The zero-order valence-corrected chi connectivity index (χ0v) is 14.0. The molecule has 0 aliphatic heterocycles. The average Bonchev–Trinajstić information content (AvgIpc) is 2.60. The van der Waals surface area contributed by atoms with Crippen LogP contribution in [-0.2, 0) is 17.9 Å². The van der Waals surface area contributed by atoms with E-state index < -0.39 is 0 Å². The number of nitrogens with zero attached hydrogens (tertiary/aromatic N) is 1. The topological polar surface area (TPSA) is 71.3 Å². The SMILES string of the molecule is COc1cccc(CNC(=O)CC#N)c1OCc1ccc(Cl)cc1. The second-order valence-corrected chi connectivity index (χ2v) is 5.41. The van der Waals surface area contributed by atoms with Gasteiger partial charge in [0.15, 0.2) is 11.5 Å². The first-order valence-corrected chi connectivity index (χ1v) is 7.68. The summed E-state index contributed by atoms with van der Waals surface area (Å²) in [6.45, 7) is 0.602. The molecule has 0 fully saturated rings. The fourth-order valence-electron chi connectivity index (χ4n) is 2.09. The van der Waals surface area contributed by atoms with Gasteiger partial charge in [0.25, 0.3) is 0 Å². The monoisotopic (exact) mass is 344 g/mol. The number of para-hydroxylation sites is 1. The molecule has 2 aromatic rings.